The maximum Gasteiger partial charge on any atom is 0.308 e. The highest BCUT2D eigenvalue weighted by Gasteiger charge is 2.18. The second-order valence-electron chi connectivity index (χ2n) is 5.36. The van der Waals surface area contributed by atoms with Crippen molar-refractivity contribution in [2.75, 3.05) is 0 Å². The minimum Gasteiger partial charge on any atom is -0.481 e. The fourth-order valence-corrected chi connectivity index (χ4v) is 0. The number of ketones is 1. The Labute approximate surface area is 86.5 Å². The fraction of sp³-hybridized carbons (Fsp3) is 0.818. The number of aliphatic carboxylic acids is 1. The van der Waals surface area contributed by atoms with Gasteiger partial charge in [-0.25, -0.2) is 0 Å². The number of rotatable bonds is 0. The van der Waals surface area contributed by atoms with Crippen LogP contribution in [0.2, 0.25) is 0 Å². The van der Waals surface area contributed by atoms with Gasteiger partial charge in [0.1, 0.15) is 5.78 Å². The molecule has 0 spiro atoms. The minimum atomic E-state index is -0.757. The molecule has 3 heteroatoms. The predicted octanol–water partition coefficient (Wildman–Crippen LogP) is 2.74. The lowest BCUT2D eigenvalue weighted by Crippen LogP contribution is -2.18. The third-order valence-electron chi connectivity index (χ3n) is 1.70. The molecule has 0 rings (SSSR count). The molecular weight excluding hydrogens is 180 g/mol. The van der Waals surface area contributed by atoms with Crippen molar-refractivity contribution in [2.24, 2.45) is 10.8 Å². The summed E-state index contributed by atoms with van der Waals surface area (Å²) in [7, 11) is 0. The molecule has 0 aromatic carbocycles. The number of carboxylic acid groups (broad SMARTS) is 1. The third-order valence-corrected chi connectivity index (χ3v) is 1.70. The van der Waals surface area contributed by atoms with Gasteiger partial charge in [-0.1, -0.05) is 20.8 Å². The van der Waals surface area contributed by atoms with Crippen molar-refractivity contribution < 1.29 is 14.7 Å². The van der Waals surface area contributed by atoms with Crippen LogP contribution in [0, 0.1) is 10.8 Å². The zero-order valence-electron chi connectivity index (χ0n) is 10.3. The number of carboxylic acids is 1. The molecule has 0 aliphatic rings. The van der Waals surface area contributed by atoms with Crippen molar-refractivity contribution in [3.05, 3.63) is 0 Å². The van der Waals surface area contributed by atoms with E-state index in [1.54, 1.807) is 27.7 Å². The Morgan fingerprint density at radius 3 is 1.00 bits per heavy atom. The Bertz CT molecular complexity index is 180. The smallest absolute Gasteiger partial charge is 0.308 e. The lowest BCUT2D eigenvalue weighted by molar-refractivity contribution is -0.145. The molecule has 84 valence electrons. The first kappa shape index (κ1) is 15.6. The van der Waals surface area contributed by atoms with Gasteiger partial charge in [-0.3, -0.25) is 9.59 Å². The van der Waals surface area contributed by atoms with Crippen LogP contribution < -0.4 is 0 Å². The third kappa shape index (κ3) is 9.23. The maximum atomic E-state index is 10.5. The van der Waals surface area contributed by atoms with Crippen LogP contribution in [0.15, 0.2) is 0 Å². The quantitative estimate of drug-likeness (QED) is 0.657. The van der Waals surface area contributed by atoms with E-state index in [1.807, 2.05) is 20.8 Å². The number of Topliss-reactive ketones (excluding diaryl/α,β-unsaturated/α-hetero) is 1. The van der Waals surface area contributed by atoms with Gasteiger partial charge in [-0.15, -0.1) is 0 Å². The summed E-state index contributed by atoms with van der Waals surface area (Å²) in [5, 5.41) is 8.25. The summed E-state index contributed by atoms with van der Waals surface area (Å²) in [6.45, 7) is 12.3. The van der Waals surface area contributed by atoms with Crippen LogP contribution in [-0.2, 0) is 9.59 Å². The van der Waals surface area contributed by atoms with Crippen molar-refractivity contribution in [3.63, 3.8) is 0 Å². The summed E-state index contributed by atoms with van der Waals surface area (Å²) in [5.74, 6) is -0.514. The lowest BCUT2D eigenvalue weighted by Gasteiger charge is -2.11. The van der Waals surface area contributed by atoms with E-state index in [-0.39, 0.29) is 11.2 Å². The van der Waals surface area contributed by atoms with E-state index >= 15 is 0 Å². The highest BCUT2D eigenvalue weighted by molar-refractivity contribution is 5.80. The molecule has 3 nitrogen and oxygen atoms in total. The number of hydrogen-bond acceptors (Lipinski definition) is 2. The predicted molar refractivity (Wildman–Crippen MR) is 57.2 cm³/mol. The Morgan fingerprint density at radius 2 is 1.00 bits per heavy atom. The Kier molecular flexibility index (Phi) is 5.72. The molecule has 0 heterocycles. The standard InChI is InChI=1S/C6H12O.C5H10O2/c1-5(7)6(2,3)4;1-5(2,3)4(6)7/h1-4H3;1-3H3,(H,6,7). The number of carbonyl (C=O) groups is 2. The van der Waals surface area contributed by atoms with Crippen molar-refractivity contribution >= 4 is 11.8 Å². The molecule has 0 radical (unpaired) electrons. The minimum absolute atomic E-state index is 0.139. The van der Waals surface area contributed by atoms with E-state index in [1.165, 1.54) is 0 Å². The molecule has 0 atom stereocenters. The molecule has 0 unspecified atom stereocenters. The van der Waals surface area contributed by atoms with Crippen LogP contribution in [0.4, 0.5) is 0 Å². The van der Waals surface area contributed by atoms with Gasteiger partial charge in [0.2, 0.25) is 0 Å². The average Bonchev–Trinajstić information content (AvgIpc) is 1.83. The van der Waals surface area contributed by atoms with Crippen LogP contribution >= 0.6 is 0 Å². The second-order valence-corrected chi connectivity index (χ2v) is 5.36. The first-order chi connectivity index (χ1) is 5.89. The fourth-order valence-electron chi connectivity index (χ4n) is 0. The molecule has 0 fully saturated rings. The van der Waals surface area contributed by atoms with Gasteiger partial charge >= 0.3 is 5.97 Å². The Morgan fingerprint density at radius 1 is 0.857 bits per heavy atom. The summed E-state index contributed by atoms with van der Waals surface area (Å²) in [6.07, 6.45) is 0. The normalized spacial score (nSPS) is 11.4. The zero-order valence-corrected chi connectivity index (χ0v) is 10.3. The summed E-state index contributed by atoms with van der Waals surface area (Å²) < 4.78 is 0. The Balaban J connectivity index is 0. The van der Waals surface area contributed by atoms with E-state index in [0.717, 1.165) is 0 Å². The monoisotopic (exact) mass is 202 g/mol. The van der Waals surface area contributed by atoms with E-state index in [2.05, 4.69) is 0 Å². The van der Waals surface area contributed by atoms with Gasteiger partial charge in [0.25, 0.3) is 0 Å². The first-order valence-corrected chi connectivity index (χ1v) is 4.63. The lowest BCUT2D eigenvalue weighted by atomic mass is 9.92. The zero-order chi connectivity index (χ0) is 12.2. The van der Waals surface area contributed by atoms with Crippen molar-refractivity contribution in [3.8, 4) is 0 Å². The summed E-state index contributed by atoms with van der Waals surface area (Å²) in [4.78, 5) is 20.5. The van der Waals surface area contributed by atoms with Gasteiger partial charge in [0.05, 0.1) is 5.41 Å². The molecule has 0 aromatic heterocycles. The molecular formula is C11H22O3. The van der Waals surface area contributed by atoms with Gasteiger partial charge in [0.15, 0.2) is 0 Å². The number of hydrogen-bond donors (Lipinski definition) is 1. The van der Waals surface area contributed by atoms with E-state index in [9.17, 15) is 9.59 Å². The molecule has 0 saturated heterocycles. The average molecular weight is 202 g/mol. The van der Waals surface area contributed by atoms with Crippen LogP contribution in [0.3, 0.4) is 0 Å². The van der Waals surface area contributed by atoms with Gasteiger partial charge < -0.3 is 5.11 Å². The summed E-state index contributed by atoms with van der Waals surface area (Å²) >= 11 is 0. The second kappa shape index (κ2) is 5.13. The number of carbonyl (C=O) groups excluding carboxylic acids is 1. The molecule has 0 aromatic rings. The van der Waals surface area contributed by atoms with Crippen molar-refractivity contribution in [2.45, 2.75) is 48.5 Å². The van der Waals surface area contributed by atoms with Crippen LogP contribution in [0.5, 0.6) is 0 Å². The highest BCUT2D eigenvalue weighted by atomic mass is 16.4. The van der Waals surface area contributed by atoms with E-state index in [0.29, 0.717) is 0 Å². The molecule has 0 saturated carbocycles. The molecule has 0 bridgehead atoms. The van der Waals surface area contributed by atoms with Crippen molar-refractivity contribution in [1.29, 1.82) is 0 Å². The van der Waals surface area contributed by atoms with Gasteiger partial charge in [0, 0.05) is 5.41 Å². The molecule has 0 aliphatic heterocycles. The van der Waals surface area contributed by atoms with Crippen molar-refractivity contribution in [1.82, 2.24) is 0 Å². The SMILES string of the molecule is CC(=O)C(C)(C)C.CC(C)(C)C(=O)O. The Hall–Kier alpha value is -0.860. The van der Waals surface area contributed by atoms with Gasteiger partial charge in [-0.2, -0.15) is 0 Å². The molecule has 0 aliphatic carbocycles. The van der Waals surface area contributed by atoms with Crippen LogP contribution in [0.1, 0.15) is 48.5 Å². The molecule has 14 heavy (non-hydrogen) atoms. The van der Waals surface area contributed by atoms with E-state index in [4.69, 9.17) is 5.11 Å². The topological polar surface area (TPSA) is 54.4 Å². The van der Waals surface area contributed by atoms with Gasteiger partial charge in [-0.05, 0) is 27.7 Å². The molecule has 0 amide bonds. The van der Waals surface area contributed by atoms with Crippen LogP contribution in [-0.4, -0.2) is 16.9 Å². The van der Waals surface area contributed by atoms with E-state index < -0.39 is 11.4 Å². The summed E-state index contributed by atoms with van der Waals surface area (Å²) in [5.41, 5.74) is -0.722. The highest BCUT2D eigenvalue weighted by Crippen LogP contribution is 2.12. The van der Waals surface area contributed by atoms with Crippen LogP contribution in [0.25, 0.3) is 0 Å². The first-order valence-electron chi connectivity index (χ1n) is 4.63. The largest absolute Gasteiger partial charge is 0.481 e. The maximum absolute atomic E-state index is 10.5. The molecule has 1 N–H and O–H groups in total. The summed E-state index contributed by atoms with van der Waals surface area (Å²) in [6, 6.07) is 0.